The fourth-order valence-corrected chi connectivity index (χ4v) is 3.83. The van der Waals surface area contributed by atoms with Crippen molar-refractivity contribution >= 4 is 57.9 Å². The van der Waals surface area contributed by atoms with Gasteiger partial charge in [0.2, 0.25) is 0 Å². The van der Waals surface area contributed by atoms with Crippen molar-refractivity contribution in [3.8, 4) is 0 Å². The molecule has 30 heavy (non-hydrogen) atoms. The number of pyridine rings is 1. The predicted octanol–water partition coefficient (Wildman–Crippen LogP) is 4.09. The van der Waals surface area contributed by atoms with Crippen LogP contribution in [0.2, 0.25) is 5.02 Å². The summed E-state index contributed by atoms with van der Waals surface area (Å²) >= 11 is 7.02. The number of fused-ring (bicyclic) bond motifs is 1. The summed E-state index contributed by atoms with van der Waals surface area (Å²) in [5, 5.41) is 1.41. The second kappa shape index (κ2) is 7.69. The number of carbonyl (C=O) groups is 3. The molecule has 0 saturated heterocycles. The summed E-state index contributed by atoms with van der Waals surface area (Å²) in [7, 11) is 0. The van der Waals surface area contributed by atoms with Crippen LogP contribution < -0.4 is 10.6 Å². The van der Waals surface area contributed by atoms with Gasteiger partial charge in [-0.25, -0.2) is 23.9 Å². The molecule has 0 radical (unpaired) electrons. The summed E-state index contributed by atoms with van der Waals surface area (Å²) in [6.07, 6.45) is 1.41. The van der Waals surface area contributed by atoms with E-state index in [9.17, 15) is 18.8 Å². The van der Waals surface area contributed by atoms with Crippen LogP contribution in [0.4, 0.5) is 14.9 Å². The van der Waals surface area contributed by atoms with Crippen molar-refractivity contribution in [2.75, 3.05) is 4.90 Å². The number of ether oxygens (including phenoxy) is 1. The molecule has 2 aromatic heterocycles. The molecule has 0 unspecified atom stereocenters. The van der Waals surface area contributed by atoms with E-state index in [0.29, 0.717) is 9.78 Å². The quantitative estimate of drug-likeness (QED) is 0.373. The molecule has 1 aromatic carbocycles. The molecule has 0 fully saturated rings. The number of anilines is 1. The minimum Gasteiger partial charge on any atom is -0.419 e. The van der Waals surface area contributed by atoms with Crippen molar-refractivity contribution in [2.45, 2.75) is 0 Å². The van der Waals surface area contributed by atoms with Gasteiger partial charge in [-0.1, -0.05) is 23.7 Å². The maximum atomic E-state index is 14.2. The van der Waals surface area contributed by atoms with E-state index in [1.165, 1.54) is 23.6 Å². The number of benzene rings is 1. The van der Waals surface area contributed by atoms with Crippen LogP contribution in [0, 0.1) is 5.82 Å². The van der Waals surface area contributed by atoms with Gasteiger partial charge in [-0.15, -0.1) is 11.3 Å². The second-order valence-corrected chi connectivity index (χ2v) is 7.40. The topological polar surface area (TPSA) is 103 Å². The zero-order valence-electron chi connectivity index (χ0n) is 15.0. The summed E-state index contributed by atoms with van der Waals surface area (Å²) < 4.78 is 19.7. The monoisotopic (exact) mass is 443 g/mol. The first-order valence-electron chi connectivity index (χ1n) is 8.43. The van der Waals surface area contributed by atoms with E-state index in [4.69, 9.17) is 22.1 Å². The minimum absolute atomic E-state index is 0.00292. The third-order valence-corrected chi connectivity index (χ3v) is 5.39. The van der Waals surface area contributed by atoms with Gasteiger partial charge in [0.05, 0.1) is 21.2 Å². The number of imide groups is 1. The van der Waals surface area contributed by atoms with Gasteiger partial charge in [-0.2, -0.15) is 0 Å². The van der Waals surface area contributed by atoms with E-state index in [0.717, 1.165) is 12.1 Å². The Morgan fingerprint density at radius 2 is 2.00 bits per heavy atom. The third kappa shape index (κ3) is 3.34. The van der Waals surface area contributed by atoms with Crippen molar-refractivity contribution in [1.29, 1.82) is 0 Å². The number of nitrogens with zero attached hydrogens (tertiary/aromatic N) is 2. The molecule has 150 valence electrons. The molecular formula is C20H11ClFN3O4S. The zero-order valence-corrected chi connectivity index (χ0v) is 16.5. The average Bonchev–Trinajstić information content (AvgIpc) is 3.34. The van der Waals surface area contributed by atoms with E-state index >= 15 is 0 Å². The molecule has 2 N–H and O–H groups in total. The number of carbonyl (C=O) groups excluding carboxylic acids is 3. The fourth-order valence-electron chi connectivity index (χ4n) is 2.96. The Morgan fingerprint density at radius 3 is 2.63 bits per heavy atom. The van der Waals surface area contributed by atoms with Crippen molar-refractivity contribution < 1.29 is 23.5 Å². The smallest absolute Gasteiger partial charge is 0.362 e. The maximum Gasteiger partial charge on any atom is 0.362 e. The summed E-state index contributed by atoms with van der Waals surface area (Å²) in [4.78, 5) is 42.6. The Bertz CT molecular complexity index is 1210. The number of hydrogen-bond donors (Lipinski definition) is 1. The number of urea groups is 1. The predicted molar refractivity (Wildman–Crippen MR) is 109 cm³/mol. The Hall–Kier alpha value is -3.56. The molecule has 0 spiro atoms. The second-order valence-electron chi connectivity index (χ2n) is 6.05. The number of esters is 1. The molecule has 4 rings (SSSR count). The lowest BCUT2D eigenvalue weighted by molar-refractivity contribution is -0.112. The van der Waals surface area contributed by atoms with Crippen LogP contribution in [0.3, 0.4) is 0 Å². The van der Waals surface area contributed by atoms with E-state index in [1.54, 1.807) is 29.6 Å². The summed E-state index contributed by atoms with van der Waals surface area (Å²) in [6, 6.07) is 9.01. The first-order valence-corrected chi connectivity index (χ1v) is 9.69. The lowest BCUT2D eigenvalue weighted by atomic mass is 10.0. The summed E-state index contributed by atoms with van der Waals surface area (Å²) in [5.41, 5.74) is 5.20. The van der Waals surface area contributed by atoms with Crippen LogP contribution in [0.15, 0.2) is 54.0 Å². The number of aromatic nitrogens is 1. The Morgan fingerprint density at radius 1 is 1.20 bits per heavy atom. The highest BCUT2D eigenvalue weighted by atomic mass is 35.5. The summed E-state index contributed by atoms with van der Waals surface area (Å²) in [5.74, 6) is -2.64. The number of primary amides is 1. The first-order chi connectivity index (χ1) is 14.4. The molecule has 0 aliphatic carbocycles. The molecule has 1 aliphatic rings. The molecule has 0 bridgehead atoms. The van der Waals surface area contributed by atoms with Gasteiger partial charge in [-0.3, -0.25) is 4.79 Å². The van der Waals surface area contributed by atoms with Gasteiger partial charge in [0.25, 0.3) is 5.91 Å². The number of thiophene rings is 1. The lowest BCUT2D eigenvalue weighted by Crippen LogP contribution is -2.38. The zero-order chi connectivity index (χ0) is 21.4. The fraction of sp³-hybridized carbons (Fsp3) is 0. The number of rotatable bonds is 3. The Kier molecular flexibility index (Phi) is 5.06. The largest absolute Gasteiger partial charge is 0.419 e. The van der Waals surface area contributed by atoms with Gasteiger partial charge >= 0.3 is 12.0 Å². The van der Waals surface area contributed by atoms with E-state index in [2.05, 4.69) is 4.98 Å². The molecule has 10 heteroatoms. The van der Waals surface area contributed by atoms with Gasteiger partial charge in [0.1, 0.15) is 11.5 Å². The molecule has 0 atom stereocenters. The van der Waals surface area contributed by atoms with E-state index in [1.807, 2.05) is 0 Å². The highest BCUT2D eigenvalue weighted by molar-refractivity contribution is 7.11. The number of amides is 3. The van der Waals surface area contributed by atoms with Crippen molar-refractivity contribution in [2.24, 2.45) is 5.73 Å². The van der Waals surface area contributed by atoms with Crippen LogP contribution in [0.25, 0.3) is 11.3 Å². The van der Waals surface area contributed by atoms with Gasteiger partial charge in [0, 0.05) is 11.8 Å². The summed E-state index contributed by atoms with van der Waals surface area (Å²) in [6.45, 7) is 0. The van der Waals surface area contributed by atoms with Gasteiger partial charge in [-0.05, 0) is 35.7 Å². The van der Waals surface area contributed by atoms with Crippen LogP contribution in [0.5, 0.6) is 0 Å². The van der Waals surface area contributed by atoms with Crippen molar-refractivity contribution in [1.82, 2.24) is 4.98 Å². The lowest BCUT2D eigenvalue weighted by Gasteiger charge is -2.12. The third-order valence-electron chi connectivity index (χ3n) is 4.23. The van der Waals surface area contributed by atoms with E-state index < -0.39 is 23.7 Å². The molecule has 1 aliphatic heterocycles. The molecule has 3 amide bonds. The minimum atomic E-state index is -1.08. The van der Waals surface area contributed by atoms with Crippen molar-refractivity contribution in [3.05, 3.63) is 81.0 Å². The standard InChI is InChI=1S/C20H11ClFN3O4S/c21-11-9-14-10(8-12(11)22)16(18(26)25(14)20(23)28)17(15-5-3-7-30-15)29-19(27)13-4-1-2-6-24-13/h1-9H,(H2,23,28)/b17-16+. The number of halogens is 2. The van der Waals surface area contributed by atoms with Crippen LogP contribution >= 0.6 is 22.9 Å². The normalized spacial score (nSPS) is 14.5. The number of nitrogens with two attached hydrogens (primary N) is 1. The van der Waals surface area contributed by atoms with Gasteiger partial charge in [0.15, 0.2) is 5.76 Å². The molecule has 0 saturated carbocycles. The highest BCUT2D eigenvalue weighted by Crippen LogP contribution is 2.44. The van der Waals surface area contributed by atoms with E-state index in [-0.39, 0.29) is 33.3 Å². The average molecular weight is 444 g/mol. The molecular weight excluding hydrogens is 433 g/mol. The molecule has 3 aromatic rings. The van der Waals surface area contributed by atoms with Crippen LogP contribution in [-0.2, 0) is 9.53 Å². The maximum absolute atomic E-state index is 14.2. The van der Waals surface area contributed by atoms with Crippen LogP contribution in [0.1, 0.15) is 20.9 Å². The van der Waals surface area contributed by atoms with Crippen LogP contribution in [-0.4, -0.2) is 22.9 Å². The molecule has 3 heterocycles. The number of hydrogen-bond acceptors (Lipinski definition) is 6. The van der Waals surface area contributed by atoms with Gasteiger partial charge < -0.3 is 10.5 Å². The Balaban J connectivity index is 1.94. The highest BCUT2D eigenvalue weighted by Gasteiger charge is 2.40. The molecule has 7 nitrogen and oxygen atoms in total. The van der Waals surface area contributed by atoms with Crippen molar-refractivity contribution in [3.63, 3.8) is 0 Å². The Labute approximate surface area is 178 Å². The first kappa shape index (κ1) is 19.7. The SMILES string of the molecule is NC(=O)N1C(=O)/C(=C(/OC(=O)c2ccccn2)c2cccs2)c2cc(F)c(Cl)cc21.